The van der Waals surface area contributed by atoms with Gasteiger partial charge in [0.05, 0.1) is 10.6 Å². The first kappa shape index (κ1) is 16.4. The maximum atomic E-state index is 12.3. The van der Waals surface area contributed by atoms with Crippen molar-refractivity contribution in [2.24, 2.45) is 23.5 Å². The normalized spacial score (nSPS) is 25.4. The summed E-state index contributed by atoms with van der Waals surface area (Å²) in [6, 6.07) is 6.53. The second kappa shape index (κ2) is 6.05. The van der Waals surface area contributed by atoms with Gasteiger partial charge in [-0.1, -0.05) is 18.2 Å². The van der Waals surface area contributed by atoms with Crippen LogP contribution in [0.5, 0.6) is 0 Å². The standard InChI is InChI=1S/C14H17NO6S/c15-13(14(18)19)12-9(6-11(16)17)10(12)7-22(20,21)8-4-2-1-3-5-8/h1-5,9-10,12-13H,6-7,15H2,(H,16,17)(H,18,19)/t9-,10-,12+,13?/m0/s1. The van der Waals surface area contributed by atoms with Crippen molar-refractivity contribution >= 4 is 21.8 Å². The fourth-order valence-corrected chi connectivity index (χ4v) is 4.61. The number of nitrogens with two attached hydrogens (primary N) is 1. The topological polar surface area (TPSA) is 135 Å². The number of carbonyl (C=O) groups is 2. The monoisotopic (exact) mass is 327 g/mol. The lowest BCUT2D eigenvalue weighted by Gasteiger charge is -2.06. The summed E-state index contributed by atoms with van der Waals surface area (Å²) in [5.74, 6) is -4.34. The fourth-order valence-electron chi connectivity index (χ4n) is 2.87. The van der Waals surface area contributed by atoms with E-state index in [1.165, 1.54) is 12.1 Å². The highest BCUT2D eigenvalue weighted by molar-refractivity contribution is 7.91. The number of rotatable bonds is 7. The first-order chi connectivity index (χ1) is 10.2. The molecule has 0 heterocycles. The molecule has 120 valence electrons. The predicted molar refractivity (Wildman–Crippen MR) is 76.8 cm³/mol. The van der Waals surface area contributed by atoms with Gasteiger partial charge in [-0.05, 0) is 29.9 Å². The predicted octanol–water partition coefficient (Wildman–Crippen LogP) is 0.209. The Bertz CT molecular complexity index is 672. The number of hydrogen-bond donors (Lipinski definition) is 3. The van der Waals surface area contributed by atoms with E-state index in [2.05, 4.69) is 0 Å². The lowest BCUT2D eigenvalue weighted by molar-refractivity contribution is -0.140. The quantitative estimate of drug-likeness (QED) is 0.651. The Morgan fingerprint density at radius 1 is 1.14 bits per heavy atom. The molecule has 0 aromatic heterocycles. The Hall–Kier alpha value is -1.93. The average Bonchev–Trinajstić information content (AvgIpc) is 3.09. The van der Waals surface area contributed by atoms with Crippen LogP contribution in [0.15, 0.2) is 35.2 Å². The minimum Gasteiger partial charge on any atom is -0.481 e. The molecule has 1 saturated carbocycles. The van der Waals surface area contributed by atoms with E-state index < -0.39 is 45.6 Å². The van der Waals surface area contributed by atoms with E-state index in [0.29, 0.717) is 0 Å². The summed E-state index contributed by atoms with van der Waals surface area (Å²) in [5.41, 5.74) is 5.55. The number of carboxylic acids is 2. The van der Waals surface area contributed by atoms with E-state index in [-0.39, 0.29) is 17.1 Å². The van der Waals surface area contributed by atoms with Crippen molar-refractivity contribution in [1.82, 2.24) is 0 Å². The molecule has 22 heavy (non-hydrogen) atoms. The number of aliphatic carboxylic acids is 2. The second-order valence-electron chi connectivity index (χ2n) is 5.46. The second-order valence-corrected chi connectivity index (χ2v) is 7.50. The molecule has 4 N–H and O–H groups in total. The van der Waals surface area contributed by atoms with Crippen LogP contribution >= 0.6 is 0 Å². The molecule has 1 aliphatic carbocycles. The highest BCUT2D eigenvalue weighted by Crippen LogP contribution is 2.51. The molecule has 1 fully saturated rings. The molecule has 1 aromatic carbocycles. The van der Waals surface area contributed by atoms with E-state index >= 15 is 0 Å². The number of carboxylic acid groups (broad SMARTS) is 2. The Morgan fingerprint density at radius 3 is 2.23 bits per heavy atom. The third-order valence-corrected chi connectivity index (χ3v) is 5.84. The minimum atomic E-state index is -3.60. The van der Waals surface area contributed by atoms with Crippen LogP contribution in [0.25, 0.3) is 0 Å². The molecule has 0 saturated heterocycles. The average molecular weight is 327 g/mol. The third kappa shape index (κ3) is 3.45. The van der Waals surface area contributed by atoms with Gasteiger partial charge in [0.25, 0.3) is 0 Å². The molecule has 8 heteroatoms. The van der Waals surface area contributed by atoms with Gasteiger partial charge in [-0.15, -0.1) is 0 Å². The van der Waals surface area contributed by atoms with Gasteiger partial charge >= 0.3 is 11.9 Å². The molecular formula is C14H17NO6S. The minimum absolute atomic E-state index is 0.138. The van der Waals surface area contributed by atoms with E-state index in [1.807, 2.05) is 0 Å². The molecule has 0 spiro atoms. The fraction of sp³-hybridized carbons (Fsp3) is 0.429. The van der Waals surface area contributed by atoms with Gasteiger partial charge in [0.2, 0.25) is 0 Å². The summed E-state index contributed by atoms with van der Waals surface area (Å²) in [7, 11) is -3.60. The van der Waals surface area contributed by atoms with E-state index in [4.69, 9.17) is 15.9 Å². The maximum absolute atomic E-state index is 12.3. The molecule has 7 nitrogen and oxygen atoms in total. The molecule has 0 aliphatic heterocycles. The van der Waals surface area contributed by atoms with E-state index in [9.17, 15) is 18.0 Å². The van der Waals surface area contributed by atoms with Crippen LogP contribution < -0.4 is 5.73 Å². The van der Waals surface area contributed by atoms with Crippen molar-refractivity contribution in [1.29, 1.82) is 0 Å². The van der Waals surface area contributed by atoms with Gasteiger partial charge in [-0.3, -0.25) is 9.59 Å². The summed E-state index contributed by atoms with van der Waals surface area (Å²) < 4.78 is 24.6. The van der Waals surface area contributed by atoms with Crippen molar-refractivity contribution in [2.75, 3.05) is 5.75 Å². The van der Waals surface area contributed by atoms with Crippen molar-refractivity contribution in [3.8, 4) is 0 Å². The maximum Gasteiger partial charge on any atom is 0.320 e. The zero-order valence-electron chi connectivity index (χ0n) is 11.6. The van der Waals surface area contributed by atoms with Crippen LogP contribution in [0, 0.1) is 17.8 Å². The van der Waals surface area contributed by atoms with Crippen molar-refractivity contribution in [2.45, 2.75) is 17.4 Å². The van der Waals surface area contributed by atoms with Gasteiger partial charge < -0.3 is 15.9 Å². The van der Waals surface area contributed by atoms with Crippen molar-refractivity contribution < 1.29 is 28.2 Å². The first-order valence-corrected chi connectivity index (χ1v) is 8.37. The van der Waals surface area contributed by atoms with Crippen molar-refractivity contribution in [3.05, 3.63) is 30.3 Å². The SMILES string of the molecule is NC(C(=O)O)[C@@H]1[C@@H](CC(=O)O)[C@@H]1CS(=O)(=O)c1ccccc1. The van der Waals surface area contributed by atoms with Crippen LogP contribution in [-0.4, -0.2) is 42.4 Å². The smallest absolute Gasteiger partial charge is 0.320 e. The molecular weight excluding hydrogens is 310 g/mol. The van der Waals surface area contributed by atoms with Crippen LogP contribution in [0.2, 0.25) is 0 Å². The first-order valence-electron chi connectivity index (χ1n) is 6.72. The van der Waals surface area contributed by atoms with E-state index in [0.717, 1.165) is 0 Å². The Labute approximate surface area is 127 Å². The molecule has 0 amide bonds. The Kier molecular flexibility index (Phi) is 4.52. The molecule has 1 aromatic rings. The molecule has 1 aliphatic rings. The molecule has 2 rings (SSSR count). The van der Waals surface area contributed by atoms with Crippen LogP contribution in [0.3, 0.4) is 0 Å². The van der Waals surface area contributed by atoms with Crippen LogP contribution in [0.1, 0.15) is 6.42 Å². The lowest BCUT2D eigenvalue weighted by atomic mass is 10.1. The lowest BCUT2D eigenvalue weighted by Crippen LogP contribution is -2.34. The number of benzene rings is 1. The highest BCUT2D eigenvalue weighted by atomic mass is 32.2. The third-order valence-electron chi connectivity index (χ3n) is 4.02. The summed E-state index contributed by atoms with van der Waals surface area (Å²) in [6.45, 7) is 0. The Balaban J connectivity index is 2.16. The summed E-state index contributed by atoms with van der Waals surface area (Å²) in [5, 5.41) is 17.8. The zero-order chi connectivity index (χ0) is 16.5. The molecule has 1 unspecified atom stereocenters. The largest absolute Gasteiger partial charge is 0.481 e. The van der Waals surface area contributed by atoms with Gasteiger partial charge in [0.15, 0.2) is 9.84 Å². The summed E-state index contributed by atoms with van der Waals surface area (Å²) in [6.07, 6.45) is -0.277. The van der Waals surface area contributed by atoms with Gasteiger partial charge in [0, 0.05) is 6.42 Å². The molecule has 0 bridgehead atoms. The highest BCUT2D eigenvalue weighted by Gasteiger charge is 2.57. The molecule has 0 radical (unpaired) electrons. The summed E-state index contributed by atoms with van der Waals surface area (Å²) in [4.78, 5) is 21.9. The van der Waals surface area contributed by atoms with Gasteiger partial charge in [0.1, 0.15) is 6.04 Å². The van der Waals surface area contributed by atoms with Gasteiger partial charge in [-0.25, -0.2) is 8.42 Å². The molecule has 4 atom stereocenters. The number of sulfone groups is 1. The van der Waals surface area contributed by atoms with Crippen LogP contribution in [0.4, 0.5) is 0 Å². The summed E-state index contributed by atoms with van der Waals surface area (Å²) >= 11 is 0. The van der Waals surface area contributed by atoms with E-state index in [1.54, 1.807) is 18.2 Å². The van der Waals surface area contributed by atoms with Crippen LogP contribution in [-0.2, 0) is 19.4 Å². The zero-order valence-corrected chi connectivity index (χ0v) is 12.4. The Morgan fingerprint density at radius 2 is 1.73 bits per heavy atom. The van der Waals surface area contributed by atoms with Crippen molar-refractivity contribution in [3.63, 3.8) is 0 Å². The number of hydrogen-bond acceptors (Lipinski definition) is 5. The van der Waals surface area contributed by atoms with Gasteiger partial charge in [-0.2, -0.15) is 0 Å².